The quantitative estimate of drug-likeness (QED) is 0.782. The molecule has 0 saturated carbocycles. The molecule has 1 N–H and O–H groups in total. The van der Waals surface area contributed by atoms with E-state index >= 15 is 0 Å². The maximum absolute atomic E-state index is 12.3. The van der Waals surface area contributed by atoms with Gasteiger partial charge < -0.3 is 9.88 Å². The molecule has 0 fully saturated rings. The second-order valence-electron chi connectivity index (χ2n) is 5.42. The molecule has 0 radical (unpaired) electrons. The van der Waals surface area contributed by atoms with Crippen LogP contribution in [0.3, 0.4) is 0 Å². The number of carbonyl (C=O) groups excluding carboxylic acids is 1. The van der Waals surface area contributed by atoms with Crippen LogP contribution < -0.4 is 0 Å². The summed E-state index contributed by atoms with van der Waals surface area (Å²) in [6.07, 6.45) is 5.34. The molecule has 23 heavy (non-hydrogen) atoms. The smallest absolute Gasteiger partial charge is 0.270 e. The molecule has 5 nitrogen and oxygen atoms in total. The molecule has 118 valence electrons. The number of benzene rings is 1. The summed E-state index contributed by atoms with van der Waals surface area (Å²) in [4.78, 5) is 16.8. The lowest BCUT2D eigenvalue weighted by Gasteiger charge is -2.15. The third-order valence-electron chi connectivity index (χ3n) is 3.52. The number of aromatic nitrogens is 3. The second-order valence-corrected chi connectivity index (χ2v) is 5.86. The van der Waals surface area contributed by atoms with Crippen molar-refractivity contribution in [3.05, 3.63) is 76.8 Å². The Labute approximate surface area is 139 Å². The van der Waals surface area contributed by atoms with Gasteiger partial charge in [-0.2, -0.15) is 5.10 Å². The highest BCUT2D eigenvalue weighted by molar-refractivity contribution is 6.30. The Bertz CT molecular complexity index is 794. The van der Waals surface area contributed by atoms with Gasteiger partial charge in [-0.1, -0.05) is 41.9 Å². The Hall–Kier alpha value is -2.53. The van der Waals surface area contributed by atoms with Crippen LogP contribution >= 0.6 is 11.6 Å². The first kappa shape index (κ1) is 15.4. The number of aromatic amines is 1. The van der Waals surface area contributed by atoms with Gasteiger partial charge in [0.25, 0.3) is 5.91 Å². The number of amides is 1. The summed E-state index contributed by atoms with van der Waals surface area (Å²) in [5.41, 5.74) is 2.65. The molecule has 0 aliphatic rings. The number of halogens is 1. The Morgan fingerprint density at radius 3 is 2.78 bits per heavy atom. The highest BCUT2D eigenvalue weighted by Gasteiger charge is 2.14. The van der Waals surface area contributed by atoms with Crippen molar-refractivity contribution < 1.29 is 4.79 Å². The highest BCUT2D eigenvalue weighted by atomic mass is 35.5. The Morgan fingerprint density at radius 1 is 1.30 bits per heavy atom. The fourth-order valence-corrected chi connectivity index (χ4v) is 2.55. The van der Waals surface area contributed by atoms with Crippen LogP contribution in [0.15, 0.2) is 55.0 Å². The largest absolute Gasteiger partial charge is 0.356 e. The molecular formula is C17H17ClN4O. The van der Waals surface area contributed by atoms with E-state index in [1.165, 1.54) is 5.56 Å². The van der Waals surface area contributed by atoms with Gasteiger partial charge in [0.05, 0.1) is 17.8 Å². The normalized spacial score (nSPS) is 10.7. The van der Waals surface area contributed by atoms with Crippen LogP contribution in [0.5, 0.6) is 0 Å². The molecule has 2 aromatic heterocycles. The van der Waals surface area contributed by atoms with Crippen LogP contribution in [0.25, 0.3) is 0 Å². The molecule has 0 aliphatic heterocycles. The van der Waals surface area contributed by atoms with Gasteiger partial charge in [-0.3, -0.25) is 9.48 Å². The van der Waals surface area contributed by atoms with Crippen LogP contribution in [-0.4, -0.2) is 32.6 Å². The fraction of sp³-hybridized carbons (Fsp3) is 0.176. The lowest BCUT2D eigenvalue weighted by Crippen LogP contribution is -2.26. The lowest BCUT2D eigenvalue weighted by atomic mass is 10.2. The number of hydrogen-bond donors (Lipinski definition) is 1. The van der Waals surface area contributed by atoms with Gasteiger partial charge in [0.2, 0.25) is 0 Å². The van der Waals surface area contributed by atoms with Crippen molar-refractivity contribution in [1.29, 1.82) is 0 Å². The van der Waals surface area contributed by atoms with Gasteiger partial charge in [0.15, 0.2) is 0 Å². The predicted octanol–water partition coefficient (Wildman–Crippen LogP) is 3.19. The van der Waals surface area contributed by atoms with Crippen molar-refractivity contribution in [3.8, 4) is 0 Å². The zero-order valence-electron chi connectivity index (χ0n) is 12.7. The van der Waals surface area contributed by atoms with Crippen molar-refractivity contribution in [2.24, 2.45) is 0 Å². The average molecular weight is 329 g/mol. The summed E-state index contributed by atoms with van der Waals surface area (Å²) < 4.78 is 1.87. The van der Waals surface area contributed by atoms with Crippen molar-refractivity contribution in [2.75, 3.05) is 7.05 Å². The average Bonchev–Trinajstić information content (AvgIpc) is 3.17. The molecule has 1 amide bonds. The molecule has 0 bridgehead atoms. The van der Waals surface area contributed by atoms with Gasteiger partial charge in [-0.05, 0) is 11.6 Å². The van der Waals surface area contributed by atoms with Gasteiger partial charge in [-0.15, -0.1) is 0 Å². The van der Waals surface area contributed by atoms with E-state index in [0.717, 1.165) is 5.56 Å². The molecule has 3 aromatic rings. The Kier molecular flexibility index (Phi) is 4.48. The number of nitrogens with one attached hydrogen (secondary N) is 1. The van der Waals surface area contributed by atoms with Crippen molar-refractivity contribution in [1.82, 2.24) is 19.7 Å². The van der Waals surface area contributed by atoms with E-state index in [4.69, 9.17) is 11.6 Å². The SMILES string of the molecule is CN(Cc1cnn(Cc2ccccc2)c1)C(=O)c1cc(Cl)c[nH]1. The van der Waals surface area contributed by atoms with Crippen LogP contribution in [-0.2, 0) is 13.1 Å². The molecule has 0 atom stereocenters. The van der Waals surface area contributed by atoms with E-state index in [0.29, 0.717) is 23.8 Å². The first-order valence-corrected chi connectivity index (χ1v) is 7.64. The number of rotatable bonds is 5. The summed E-state index contributed by atoms with van der Waals surface area (Å²) >= 11 is 5.83. The third-order valence-corrected chi connectivity index (χ3v) is 3.74. The minimum Gasteiger partial charge on any atom is -0.356 e. The minimum atomic E-state index is -0.104. The van der Waals surface area contributed by atoms with Gasteiger partial charge >= 0.3 is 0 Å². The van der Waals surface area contributed by atoms with Crippen LogP contribution in [0.2, 0.25) is 5.02 Å². The Morgan fingerprint density at radius 2 is 2.09 bits per heavy atom. The van der Waals surface area contributed by atoms with E-state index in [9.17, 15) is 4.79 Å². The monoisotopic (exact) mass is 328 g/mol. The lowest BCUT2D eigenvalue weighted by molar-refractivity contribution is 0.0780. The van der Waals surface area contributed by atoms with E-state index in [-0.39, 0.29) is 5.91 Å². The van der Waals surface area contributed by atoms with Crippen LogP contribution in [0, 0.1) is 0 Å². The van der Waals surface area contributed by atoms with Crippen molar-refractivity contribution in [2.45, 2.75) is 13.1 Å². The van der Waals surface area contributed by atoms with E-state index in [1.54, 1.807) is 30.4 Å². The van der Waals surface area contributed by atoms with Crippen LogP contribution in [0.1, 0.15) is 21.6 Å². The number of H-pyrrole nitrogens is 1. The maximum atomic E-state index is 12.3. The molecule has 3 rings (SSSR count). The van der Waals surface area contributed by atoms with Gasteiger partial charge in [0, 0.05) is 31.5 Å². The number of nitrogens with zero attached hydrogens (tertiary/aromatic N) is 3. The standard InChI is InChI=1S/C17H17ClN4O/c1-21(17(23)16-7-15(18)9-19-16)10-14-8-20-22(12-14)11-13-5-3-2-4-6-13/h2-9,12,19H,10-11H2,1H3. The van der Waals surface area contributed by atoms with Crippen molar-refractivity contribution in [3.63, 3.8) is 0 Å². The third kappa shape index (κ3) is 3.81. The predicted molar refractivity (Wildman–Crippen MR) is 89.4 cm³/mol. The Balaban J connectivity index is 1.63. The summed E-state index contributed by atoms with van der Waals surface area (Å²) in [7, 11) is 1.76. The first-order valence-electron chi connectivity index (χ1n) is 7.26. The minimum absolute atomic E-state index is 0.104. The van der Waals surface area contributed by atoms with E-state index in [1.807, 2.05) is 29.1 Å². The van der Waals surface area contributed by atoms with Crippen molar-refractivity contribution >= 4 is 17.5 Å². The topological polar surface area (TPSA) is 53.9 Å². The summed E-state index contributed by atoms with van der Waals surface area (Å²) in [6.45, 7) is 1.20. The van der Waals surface area contributed by atoms with E-state index < -0.39 is 0 Å². The molecular weight excluding hydrogens is 312 g/mol. The van der Waals surface area contributed by atoms with E-state index in [2.05, 4.69) is 22.2 Å². The first-order chi connectivity index (χ1) is 11.1. The molecule has 0 spiro atoms. The van der Waals surface area contributed by atoms with Crippen LogP contribution in [0.4, 0.5) is 0 Å². The summed E-state index contributed by atoms with van der Waals surface area (Å²) in [6, 6.07) is 11.8. The molecule has 2 heterocycles. The fourth-order valence-electron chi connectivity index (χ4n) is 2.39. The highest BCUT2D eigenvalue weighted by Crippen LogP contribution is 2.13. The summed E-state index contributed by atoms with van der Waals surface area (Å²) in [5.74, 6) is -0.104. The number of carbonyl (C=O) groups is 1. The molecule has 0 saturated heterocycles. The molecule has 0 aliphatic carbocycles. The molecule has 6 heteroatoms. The molecule has 1 aromatic carbocycles. The second kappa shape index (κ2) is 6.71. The maximum Gasteiger partial charge on any atom is 0.270 e. The zero-order chi connectivity index (χ0) is 16.2. The molecule has 0 unspecified atom stereocenters. The summed E-state index contributed by atoms with van der Waals surface area (Å²) in [5, 5.41) is 4.88. The van der Waals surface area contributed by atoms with Gasteiger partial charge in [0.1, 0.15) is 5.69 Å². The number of hydrogen-bond acceptors (Lipinski definition) is 2. The zero-order valence-corrected chi connectivity index (χ0v) is 13.5. The van der Waals surface area contributed by atoms with Gasteiger partial charge in [-0.25, -0.2) is 0 Å².